The van der Waals surface area contributed by atoms with Gasteiger partial charge in [-0.2, -0.15) is 0 Å². The number of nitrogen functional groups attached to an aromatic ring is 1. The molecular weight excluding hydrogens is 372 g/mol. The number of esters is 1. The van der Waals surface area contributed by atoms with Gasteiger partial charge in [0.15, 0.2) is 0 Å². The molecule has 2 rings (SSSR count). The van der Waals surface area contributed by atoms with Crippen molar-refractivity contribution in [3.63, 3.8) is 0 Å². The summed E-state index contributed by atoms with van der Waals surface area (Å²) in [5, 5.41) is 3.58. The average Bonchev–Trinajstić information content (AvgIpc) is 2.50. The van der Waals surface area contributed by atoms with Crippen LogP contribution in [0.5, 0.6) is 5.75 Å². The minimum atomic E-state index is -0.467. The fraction of sp³-hybridized carbons (Fsp3) is 0.133. The zero-order chi connectivity index (χ0) is 16.3. The van der Waals surface area contributed by atoms with Crippen molar-refractivity contribution in [1.82, 2.24) is 0 Å². The summed E-state index contributed by atoms with van der Waals surface area (Å²) in [6.45, 7) is 0. The monoisotopic (exact) mass is 384 g/mol. The van der Waals surface area contributed by atoms with Crippen LogP contribution in [-0.2, 0) is 4.74 Å². The van der Waals surface area contributed by atoms with Crippen LogP contribution in [0.3, 0.4) is 0 Å². The molecule has 7 heteroatoms. The van der Waals surface area contributed by atoms with Crippen LogP contribution in [0.25, 0.3) is 0 Å². The Morgan fingerprint density at radius 2 is 1.95 bits per heavy atom. The number of carbonyl (C=O) groups excluding carboxylic acids is 1. The molecule has 2 aromatic carbocycles. The summed E-state index contributed by atoms with van der Waals surface area (Å²) < 4.78 is 10.7. The molecule has 0 saturated heterocycles. The Morgan fingerprint density at radius 3 is 2.59 bits per heavy atom. The molecule has 0 aliphatic rings. The maximum absolute atomic E-state index is 11.8. The summed E-state index contributed by atoms with van der Waals surface area (Å²) in [6, 6.07) is 8.27. The van der Waals surface area contributed by atoms with Gasteiger partial charge in [0, 0.05) is 11.1 Å². The molecule has 22 heavy (non-hydrogen) atoms. The fourth-order valence-corrected chi connectivity index (χ4v) is 2.56. The van der Waals surface area contributed by atoms with Crippen LogP contribution in [0.15, 0.2) is 34.8 Å². The van der Waals surface area contributed by atoms with E-state index in [1.54, 1.807) is 37.4 Å². The van der Waals surface area contributed by atoms with Gasteiger partial charge in [-0.15, -0.1) is 0 Å². The minimum absolute atomic E-state index is 0.359. The molecule has 0 amide bonds. The third-order valence-electron chi connectivity index (χ3n) is 2.98. The first-order valence-corrected chi connectivity index (χ1v) is 7.41. The van der Waals surface area contributed by atoms with E-state index in [4.69, 9.17) is 26.8 Å². The molecule has 116 valence electrons. The molecule has 0 radical (unpaired) electrons. The second-order valence-corrected chi connectivity index (χ2v) is 5.67. The van der Waals surface area contributed by atoms with Crippen molar-refractivity contribution in [2.24, 2.45) is 0 Å². The lowest BCUT2D eigenvalue weighted by Crippen LogP contribution is -2.06. The van der Waals surface area contributed by atoms with Gasteiger partial charge >= 0.3 is 5.97 Å². The number of hydrogen-bond donors (Lipinski definition) is 2. The SMILES string of the molecule is COC(=O)c1ccc(Cl)cc1Nc1cc(Br)c(OC)cc1N. The van der Waals surface area contributed by atoms with Gasteiger partial charge in [-0.05, 0) is 40.2 Å². The summed E-state index contributed by atoms with van der Waals surface area (Å²) in [4.78, 5) is 11.8. The van der Waals surface area contributed by atoms with Crippen molar-refractivity contribution >= 4 is 50.6 Å². The summed E-state index contributed by atoms with van der Waals surface area (Å²) in [5.41, 5.74) is 7.94. The van der Waals surface area contributed by atoms with Gasteiger partial charge in [0.05, 0.1) is 41.3 Å². The maximum Gasteiger partial charge on any atom is 0.339 e. The number of rotatable bonds is 4. The third-order valence-corrected chi connectivity index (χ3v) is 3.84. The lowest BCUT2D eigenvalue weighted by Gasteiger charge is -2.15. The molecule has 2 aromatic rings. The van der Waals surface area contributed by atoms with Gasteiger partial charge in [0.1, 0.15) is 5.75 Å². The second-order valence-electron chi connectivity index (χ2n) is 4.38. The van der Waals surface area contributed by atoms with Gasteiger partial charge < -0.3 is 20.5 Å². The number of hydrogen-bond acceptors (Lipinski definition) is 5. The Labute approximate surface area is 141 Å². The predicted octanol–water partition coefficient (Wildman–Crippen LogP) is 4.22. The van der Waals surface area contributed by atoms with Gasteiger partial charge in [0.2, 0.25) is 0 Å². The van der Waals surface area contributed by atoms with Gasteiger partial charge in [0.25, 0.3) is 0 Å². The third kappa shape index (κ3) is 3.45. The van der Waals surface area contributed by atoms with Gasteiger partial charge in [-0.25, -0.2) is 4.79 Å². The van der Waals surface area contributed by atoms with Crippen LogP contribution in [0.1, 0.15) is 10.4 Å². The molecule has 0 saturated carbocycles. The van der Waals surface area contributed by atoms with E-state index in [1.807, 2.05) is 0 Å². The Bertz CT molecular complexity index is 722. The maximum atomic E-state index is 11.8. The van der Waals surface area contributed by atoms with Crippen LogP contribution < -0.4 is 15.8 Å². The first-order chi connectivity index (χ1) is 10.5. The second kappa shape index (κ2) is 6.89. The predicted molar refractivity (Wildman–Crippen MR) is 91.2 cm³/mol. The van der Waals surface area contributed by atoms with Gasteiger partial charge in [-0.1, -0.05) is 11.6 Å². The molecule has 0 aliphatic heterocycles. The van der Waals surface area contributed by atoms with Crippen molar-refractivity contribution in [3.05, 3.63) is 45.4 Å². The zero-order valence-electron chi connectivity index (χ0n) is 11.9. The number of carbonyl (C=O) groups is 1. The topological polar surface area (TPSA) is 73.6 Å². The fourth-order valence-electron chi connectivity index (χ4n) is 1.89. The highest BCUT2D eigenvalue weighted by atomic mass is 79.9. The van der Waals surface area contributed by atoms with Crippen molar-refractivity contribution in [3.8, 4) is 5.75 Å². The van der Waals surface area contributed by atoms with Crippen LogP contribution in [0.4, 0.5) is 17.1 Å². The van der Waals surface area contributed by atoms with Gasteiger partial charge in [-0.3, -0.25) is 0 Å². The highest BCUT2D eigenvalue weighted by Gasteiger charge is 2.14. The molecule has 0 aromatic heterocycles. The van der Waals surface area contributed by atoms with Crippen LogP contribution in [-0.4, -0.2) is 20.2 Å². The number of anilines is 3. The first-order valence-electron chi connectivity index (χ1n) is 6.24. The Hall–Kier alpha value is -1.92. The Morgan fingerprint density at radius 1 is 1.23 bits per heavy atom. The number of benzene rings is 2. The van der Waals surface area contributed by atoms with Crippen molar-refractivity contribution in [2.75, 3.05) is 25.3 Å². The van der Waals surface area contributed by atoms with E-state index in [0.29, 0.717) is 33.4 Å². The van der Waals surface area contributed by atoms with E-state index in [1.165, 1.54) is 7.11 Å². The highest BCUT2D eigenvalue weighted by Crippen LogP contribution is 2.35. The number of methoxy groups -OCH3 is 2. The van der Waals surface area contributed by atoms with E-state index < -0.39 is 5.97 Å². The smallest absolute Gasteiger partial charge is 0.339 e. The lowest BCUT2D eigenvalue weighted by molar-refractivity contribution is 0.0602. The minimum Gasteiger partial charge on any atom is -0.495 e. The number of nitrogens with one attached hydrogen (secondary N) is 1. The Balaban J connectivity index is 2.45. The number of nitrogens with two attached hydrogens (primary N) is 1. The standard InChI is InChI=1S/C15H14BrClN2O3/c1-21-14-7-11(18)13(6-10(14)16)19-12-5-8(17)3-4-9(12)15(20)22-2/h3-7,19H,18H2,1-2H3. The lowest BCUT2D eigenvalue weighted by atomic mass is 10.1. The molecule has 0 heterocycles. The molecule has 3 N–H and O–H groups in total. The normalized spacial score (nSPS) is 10.2. The van der Waals surface area contributed by atoms with Crippen LogP contribution in [0.2, 0.25) is 5.02 Å². The van der Waals surface area contributed by atoms with Crippen LogP contribution >= 0.6 is 27.5 Å². The largest absolute Gasteiger partial charge is 0.495 e. The van der Waals surface area contributed by atoms with Crippen molar-refractivity contribution < 1.29 is 14.3 Å². The average molecular weight is 386 g/mol. The summed E-state index contributed by atoms with van der Waals surface area (Å²) >= 11 is 9.39. The molecule has 5 nitrogen and oxygen atoms in total. The molecule has 0 aliphatic carbocycles. The van der Waals surface area contributed by atoms with E-state index in [9.17, 15) is 4.79 Å². The highest BCUT2D eigenvalue weighted by molar-refractivity contribution is 9.10. The van der Waals surface area contributed by atoms with E-state index in [0.717, 1.165) is 4.47 Å². The van der Waals surface area contributed by atoms with E-state index in [-0.39, 0.29) is 0 Å². The van der Waals surface area contributed by atoms with E-state index in [2.05, 4.69) is 21.2 Å². The van der Waals surface area contributed by atoms with Crippen molar-refractivity contribution in [2.45, 2.75) is 0 Å². The van der Waals surface area contributed by atoms with Crippen molar-refractivity contribution in [1.29, 1.82) is 0 Å². The first kappa shape index (κ1) is 16.5. The molecule has 0 unspecified atom stereocenters. The number of ether oxygens (including phenoxy) is 2. The summed E-state index contributed by atoms with van der Waals surface area (Å²) in [5.74, 6) is 0.146. The summed E-state index contributed by atoms with van der Waals surface area (Å²) in [7, 11) is 2.87. The molecule has 0 spiro atoms. The zero-order valence-corrected chi connectivity index (χ0v) is 14.3. The molecule has 0 bridgehead atoms. The molecular formula is C15H14BrClN2O3. The number of halogens is 2. The Kier molecular flexibility index (Phi) is 5.15. The molecule has 0 atom stereocenters. The van der Waals surface area contributed by atoms with Crippen LogP contribution in [0, 0.1) is 0 Å². The summed E-state index contributed by atoms with van der Waals surface area (Å²) in [6.07, 6.45) is 0. The quantitative estimate of drug-likeness (QED) is 0.609. The van der Waals surface area contributed by atoms with E-state index >= 15 is 0 Å². The molecule has 0 fully saturated rings.